The molecule has 0 aliphatic carbocycles. The lowest BCUT2D eigenvalue weighted by molar-refractivity contribution is 0.222. The number of rotatable bonds is 3. The zero-order chi connectivity index (χ0) is 12.2. The molecule has 0 unspecified atom stereocenters. The van der Waals surface area contributed by atoms with Gasteiger partial charge < -0.3 is 10.1 Å². The second-order valence-electron chi connectivity index (χ2n) is 4.51. The van der Waals surface area contributed by atoms with Crippen LogP contribution < -0.4 is 10.1 Å². The summed E-state index contributed by atoms with van der Waals surface area (Å²) in [5.74, 6) is 0.852. The van der Waals surface area contributed by atoms with Crippen LogP contribution in [0.5, 0.6) is 5.75 Å². The largest absolute Gasteiger partial charge is 0.487 e. The quantitative estimate of drug-likeness (QED) is 0.895. The lowest BCUT2D eigenvalue weighted by Crippen LogP contribution is -2.19. The fourth-order valence-corrected chi connectivity index (χ4v) is 2.19. The molecule has 0 amide bonds. The van der Waals surface area contributed by atoms with E-state index in [1.807, 2.05) is 24.4 Å². The van der Waals surface area contributed by atoms with Gasteiger partial charge in [-0.2, -0.15) is 0 Å². The van der Waals surface area contributed by atoms with Gasteiger partial charge in [-0.1, -0.05) is 30.3 Å². The molecule has 2 heterocycles. The Labute approximate surface area is 107 Å². The van der Waals surface area contributed by atoms with Crippen LogP contribution in [0, 0.1) is 0 Å². The van der Waals surface area contributed by atoms with Crippen molar-refractivity contribution in [3.05, 3.63) is 48.8 Å². The van der Waals surface area contributed by atoms with Crippen LogP contribution in [0.15, 0.2) is 48.8 Å². The van der Waals surface area contributed by atoms with Crippen LogP contribution in [-0.4, -0.2) is 24.2 Å². The van der Waals surface area contributed by atoms with Crippen LogP contribution >= 0.6 is 0 Å². The molecule has 1 saturated heterocycles. The minimum absolute atomic E-state index is 0.276. The third-order valence-electron chi connectivity index (χ3n) is 3.14. The number of nitrogens with zero attached hydrogens (tertiary/aromatic N) is 1. The van der Waals surface area contributed by atoms with Gasteiger partial charge in [-0.15, -0.1) is 0 Å². The van der Waals surface area contributed by atoms with E-state index in [2.05, 4.69) is 28.5 Å². The third-order valence-corrected chi connectivity index (χ3v) is 3.14. The Bertz CT molecular complexity index is 507. The van der Waals surface area contributed by atoms with Crippen molar-refractivity contribution in [1.82, 2.24) is 10.3 Å². The smallest absolute Gasteiger partial charge is 0.138 e. The number of ether oxygens (including phenoxy) is 1. The first-order valence-electron chi connectivity index (χ1n) is 6.30. The summed E-state index contributed by atoms with van der Waals surface area (Å²) in [6.45, 7) is 1.96. The van der Waals surface area contributed by atoms with Crippen molar-refractivity contribution in [2.75, 3.05) is 13.1 Å². The van der Waals surface area contributed by atoms with Crippen molar-refractivity contribution < 1.29 is 4.74 Å². The summed E-state index contributed by atoms with van der Waals surface area (Å²) in [7, 11) is 0. The number of benzene rings is 1. The molecule has 1 fully saturated rings. The molecular weight excluding hydrogens is 224 g/mol. The molecule has 3 heteroatoms. The van der Waals surface area contributed by atoms with Gasteiger partial charge in [-0.3, -0.25) is 4.98 Å². The van der Waals surface area contributed by atoms with Crippen LogP contribution in [-0.2, 0) is 0 Å². The number of hydrogen-bond acceptors (Lipinski definition) is 3. The Morgan fingerprint density at radius 2 is 2.00 bits per heavy atom. The number of aromatic nitrogens is 1. The fourth-order valence-electron chi connectivity index (χ4n) is 2.19. The second kappa shape index (κ2) is 5.19. The van der Waals surface area contributed by atoms with Gasteiger partial charge in [0.25, 0.3) is 0 Å². The Hall–Kier alpha value is -1.87. The molecule has 0 bridgehead atoms. The standard InChI is InChI=1S/C15H16N2O/c1-2-4-12(5-3-1)13-8-15(11-17-9-13)18-14-6-7-16-10-14/h1-5,8-9,11,14,16H,6-7,10H2/t14-/m0/s1. The van der Waals surface area contributed by atoms with E-state index in [0.717, 1.165) is 30.8 Å². The molecule has 0 saturated carbocycles. The third kappa shape index (κ3) is 2.51. The average molecular weight is 240 g/mol. The van der Waals surface area contributed by atoms with E-state index in [1.165, 1.54) is 5.56 Å². The highest BCUT2D eigenvalue weighted by Gasteiger charge is 2.16. The Balaban J connectivity index is 1.80. The van der Waals surface area contributed by atoms with E-state index in [0.29, 0.717) is 0 Å². The molecule has 0 spiro atoms. The maximum Gasteiger partial charge on any atom is 0.138 e. The number of hydrogen-bond donors (Lipinski definition) is 1. The van der Waals surface area contributed by atoms with Gasteiger partial charge >= 0.3 is 0 Å². The molecule has 3 nitrogen and oxygen atoms in total. The summed E-state index contributed by atoms with van der Waals surface area (Å²) >= 11 is 0. The zero-order valence-electron chi connectivity index (χ0n) is 10.2. The van der Waals surface area contributed by atoms with Gasteiger partial charge in [0.1, 0.15) is 11.9 Å². The van der Waals surface area contributed by atoms with Gasteiger partial charge in [-0.25, -0.2) is 0 Å². The van der Waals surface area contributed by atoms with E-state index in [4.69, 9.17) is 4.74 Å². The maximum atomic E-state index is 5.91. The van der Waals surface area contributed by atoms with Crippen LogP contribution in [0.4, 0.5) is 0 Å². The van der Waals surface area contributed by atoms with Gasteiger partial charge in [0.15, 0.2) is 0 Å². The number of nitrogens with one attached hydrogen (secondary N) is 1. The Morgan fingerprint density at radius 1 is 1.11 bits per heavy atom. The monoisotopic (exact) mass is 240 g/mol. The van der Waals surface area contributed by atoms with Crippen molar-refractivity contribution in [1.29, 1.82) is 0 Å². The average Bonchev–Trinajstić information content (AvgIpc) is 2.93. The van der Waals surface area contributed by atoms with E-state index in [-0.39, 0.29) is 6.10 Å². The molecule has 3 rings (SSSR count). The van der Waals surface area contributed by atoms with Crippen LogP contribution in [0.1, 0.15) is 6.42 Å². The lowest BCUT2D eigenvalue weighted by Gasteiger charge is -2.12. The van der Waals surface area contributed by atoms with Gasteiger partial charge in [0, 0.05) is 18.3 Å². The summed E-state index contributed by atoms with van der Waals surface area (Å²) in [6, 6.07) is 12.3. The SMILES string of the molecule is c1ccc(-c2cncc(O[C@H]3CCNC3)c2)cc1. The molecule has 18 heavy (non-hydrogen) atoms. The first-order valence-corrected chi connectivity index (χ1v) is 6.30. The Kier molecular flexibility index (Phi) is 3.24. The summed E-state index contributed by atoms with van der Waals surface area (Å²) in [4.78, 5) is 4.26. The summed E-state index contributed by atoms with van der Waals surface area (Å²) in [5, 5.41) is 3.29. The summed E-state index contributed by atoms with van der Waals surface area (Å²) in [6.07, 6.45) is 4.99. The molecule has 2 aromatic rings. The highest BCUT2D eigenvalue weighted by Crippen LogP contribution is 2.23. The number of pyridine rings is 1. The molecule has 92 valence electrons. The first-order chi connectivity index (χ1) is 8.92. The molecule has 1 N–H and O–H groups in total. The minimum atomic E-state index is 0.276. The van der Waals surface area contributed by atoms with Gasteiger partial charge in [-0.05, 0) is 24.6 Å². The predicted octanol–water partition coefficient (Wildman–Crippen LogP) is 2.49. The molecule has 1 aliphatic heterocycles. The normalized spacial score (nSPS) is 18.8. The lowest BCUT2D eigenvalue weighted by atomic mass is 10.1. The maximum absolute atomic E-state index is 5.91. The predicted molar refractivity (Wildman–Crippen MR) is 71.6 cm³/mol. The first kappa shape index (κ1) is 11.2. The molecule has 1 aliphatic rings. The van der Waals surface area contributed by atoms with Crippen LogP contribution in [0.2, 0.25) is 0 Å². The van der Waals surface area contributed by atoms with Gasteiger partial charge in [0.2, 0.25) is 0 Å². The topological polar surface area (TPSA) is 34.1 Å². The van der Waals surface area contributed by atoms with Crippen molar-refractivity contribution >= 4 is 0 Å². The summed E-state index contributed by atoms with van der Waals surface area (Å²) < 4.78 is 5.91. The second-order valence-corrected chi connectivity index (χ2v) is 4.51. The van der Waals surface area contributed by atoms with Crippen molar-refractivity contribution in [2.24, 2.45) is 0 Å². The molecular formula is C15H16N2O. The van der Waals surface area contributed by atoms with Crippen LogP contribution in [0.3, 0.4) is 0 Å². The summed E-state index contributed by atoms with van der Waals surface area (Å²) in [5.41, 5.74) is 2.26. The molecule has 0 radical (unpaired) electrons. The van der Waals surface area contributed by atoms with E-state index >= 15 is 0 Å². The highest BCUT2D eigenvalue weighted by molar-refractivity contribution is 5.63. The molecule has 1 aromatic heterocycles. The van der Waals surface area contributed by atoms with Crippen molar-refractivity contribution in [3.8, 4) is 16.9 Å². The van der Waals surface area contributed by atoms with Gasteiger partial charge in [0.05, 0.1) is 6.20 Å². The molecule has 1 atom stereocenters. The molecule has 1 aromatic carbocycles. The minimum Gasteiger partial charge on any atom is -0.487 e. The zero-order valence-corrected chi connectivity index (χ0v) is 10.2. The Morgan fingerprint density at radius 3 is 2.78 bits per heavy atom. The van der Waals surface area contributed by atoms with E-state index < -0.39 is 0 Å². The highest BCUT2D eigenvalue weighted by atomic mass is 16.5. The van der Waals surface area contributed by atoms with Crippen molar-refractivity contribution in [2.45, 2.75) is 12.5 Å². The van der Waals surface area contributed by atoms with E-state index in [1.54, 1.807) is 6.20 Å². The van der Waals surface area contributed by atoms with Crippen LogP contribution in [0.25, 0.3) is 11.1 Å². The van der Waals surface area contributed by atoms with E-state index in [9.17, 15) is 0 Å². The van der Waals surface area contributed by atoms with Crippen molar-refractivity contribution in [3.63, 3.8) is 0 Å². The fraction of sp³-hybridized carbons (Fsp3) is 0.267.